The Labute approximate surface area is 186 Å². The lowest BCUT2D eigenvalue weighted by Crippen LogP contribution is -1.91. The maximum atomic E-state index is 4.55. The molecule has 2 nitrogen and oxygen atoms in total. The molecule has 0 saturated carbocycles. The second kappa shape index (κ2) is 16.2. The molecule has 2 heteroatoms. The van der Waals surface area contributed by atoms with Crippen molar-refractivity contribution in [3.05, 3.63) is 53.6 Å². The summed E-state index contributed by atoms with van der Waals surface area (Å²) in [6.45, 7) is 4.67. The lowest BCUT2D eigenvalue weighted by molar-refractivity contribution is 0.502. The highest BCUT2D eigenvalue weighted by Gasteiger charge is 2.02. The molecule has 0 spiro atoms. The first kappa shape index (κ1) is 24.7. The molecule has 0 aliphatic carbocycles. The van der Waals surface area contributed by atoms with Crippen molar-refractivity contribution in [2.75, 3.05) is 0 Å². The Balaban J connectivity index is 1.35. The number of nitrogens with one attached hydrogen (secondary N) is 1. The number of hydrogen-bond acceptors (Lipinski definition) is 1. The van der Waals surface area contributed by atoms with Crippen LogP contribution in [0.4, 0.5) is 0 Å². The van der Waals surface area contributed by atoms with Crippen molar-refractivity contribution >= 4 is 0 Å². The van der Waals surface area contributed by atoms with Gasteiger partial charge in [0.1, 0.15) is 5.82 Å². The molecule has 0 atom stereocenters. The van der Waals surface area contributed by atoms with Crippen LogP contribution >= 0.6 is 0 Å². The summed E-state index contributed by atoms with van der Waals surface area (Å²) < 4.78 is 0. The molecule has 0 amide bonds. The zero-order chi connectivity index (χ0) is 21.3. The van der Waals surface area contributed by atoms with Gasteiger partial charge in [0.2, 0.25) is 0 Å². The van der Waals surface area contributed by atoms with Crippen LogP contribution in [0.2, 0.25) is 0 Å². The smallest absolute Gasteiger partial charge is 0.110 e. The lowest BCUT2D eigenvalue weighted by Gasteiger charge is -2.05. The number of H-pyrrole nitrogens is 1. The lowest BCUT2D eigenvalue weighted by atomic mass is 10.0. The van der Waals surface area contributed by atoms with Crippen molar-refractivity contribution in [2.24, 2.45) is 5.92 Å². The first-order valence-corrected chi connectivity index (χ1v) is 12.8. The summed E-state index contributed by atoms with van der Waals surface area (Å²) in [7, 11) is 0. The van der Waals surface area contributed by atoms with Gasteiger partial charge in [0.05, 0.1) is 0 Å². The molecule has 1 aromatic heterocycles. The molecule has 0 fully saturated rings. The van der Waals surface area contributed by atoms with E-state index in [0.717, 1.165) is 24.6 Å². The summed E-state index contributed by atoms with van der Waals surface area (Å²) in [6.07, 6.45) is 23.9. The fraction of sp³-hybridized carbons (Fsp3) is 0.679. The van der Waals surface area contributed by atoms with E-state index in [1.165, 1.54) is 101 Å². The predicted molar refractivity (Wildman–Crippen MR) is 131 cm³/mol. The summed E-state index contributed by atoms with van der Waals surface area (Å²) in [5, 5.41) is 0. The van der Waals surface area contributed by atoms with Crippen LogP contribution in [0.15, 0.2) is 36.5 Å². The minimum Gasteiger partial charge on any atom is -0.346 e. The van der Waals surface area contributed by atoms with Gasteiger partial charge in [0.25, 0.3) is 0 Å². The van der Waals surface area contributed by atoms with Crippen LogP contribution in [0, 0.1) is 5.92 Å². The van der Waals surface area contributed by atoms with E-state index in [-0.39, 0.29) is 0 Å². The van der Waals surface area contributed by atoms with Crippen molar-refractivity contribution in [3.8, 4) is 0 Å². The van der Waals surface area contributed by atoms with Crippen LogP contribution in [0.1, 0.15) is 121 Å². The van der Waals surface area contributed by atoms with E-state index in [2.05, 4.69) is 54.1 Å². The summed E-state index contributed by atoms with van der Waals surface area (Å²) in [4.78, 5) is 8.05. The van der Waals surface area contributed by atoms with E-state index in [9.17, 15) is 0 Å². The minimum atomic E-state index is 0.883. The quantitative estimate of drug-likeness (QED) is 0.245. The molecule has 0 aliphatic rings. The van der Waals surface area contributed by atoms with Gasteiger partial charge in [-0.3, -0.25) is 0 Å². The first-order chi connectivity index (χ1) is 14.7. The molecule has 0 bridgehead atoms. The van der Waals surface area contributed by atoms with E-state index >= 15 is 0 Å². The van der Waals surface area contributed by atoms with Gasteiger partial charge in [0.15, 0.2) is 0 Å². The number of rotatable bonds is 18. The fourth-order valence-corrected chi connectivity index (χ4v) is 4.22. The fourth-order valence-electron chi connectivity index (χ4n) is 4.22. The van der Waals surface area contributed by atoms with Crippen LogP contribution in [0.25, 0.3) is 0 Å². The number of nitrogens with zero attached hydrogens (tertiary/aromatic N) is 1. The predicted octanol–water partition coefficient (Wildman–Crippen LogP) is 8.66. The normalized spacial score (nSPS) is 11.4. The maximum absolute atomic E-state index is 4.55. The molecule has 1 N–H and O–H groups in total. The number of aromatic nitrogens is 2. The molecule has 168 valence electrons. The average Bonchev–Trinajstić information content (AvgIpc) is 3.18. The topological polar surface area (TPSA) is 28.7 Å². The van der Waals surface area contributed by atoms with Gasteiger partial charge in [-0.2, -0.15) is 0 Å². The SMILES string of the molecule is CC(C)CCCCCCCCCCCCCCCc1cnc(Cc2ccccc2)[nH]1. The van der Waals surface area contributed by atoms with Crippen molar-refractivity contribution in [3.63, 3.8) is 0 Å². The highest BCUT2D eigenvalue weighted by molar-refractivity contribution is 5.19. The maximum Gasteiger partial charge on any atom is 0.110 e. The van der Waals surface area contributed by atoms with Gasteiger partial charge >= 0.3 is 0 Å². The number of aromatic amines is 1. The largest absolute Gasteiger partial charge is 0.346 e. The molecule has 1 aromatic carbocycles. The third-order valence-corrected chi connectivity index (χ3v) is 6.12. The van der Waals surface area contributed by atoms with Crippen molar-refractivity contribution < 1.29 is 0 Å². The Bertz CT molecular complexity index is 629. The van der Waals surface area contributed by atoms with Gasteiger partial charge < -0.3 is 4.98 Å². The van der Waals surface area contributed by atoms with Crippen molar-refractivity contribution in [1.82, 2.24) is 9.97 Å². The van der Waals surface area contributed by atoms with Crippen LogP contribution in [0.5, 0.6) is 0 Å². The number of benzene rings is 1. The Morgan fingerprint density at radius 2 is 1.23 bits per heavy atom. The van der Waals surface area contributed by atoms with Crippen LogP contribution in [-0.2, 0) is 12.8 Å². The Morgan fingerprint density at radius 3 is 1.80 bits per heavy atom. The Kier molecular flexibility index (Phi) is 13.3. The third kappa shape index (κ3) is 12.2. The van der Waals surface area contributed by atoms with E-state index in [1.54, 1.807) is 0 Å². The molecule has 0 radical (unpaired) electrons. The van der Waals surface area contributed by atoms with Crippen LogP contribution in [0.3, 0.4) is 0 Å². The van der Waals surface area contributed by atoms with Gasteiger partial charge in [-0.05, 0) is 24.3 Å². The van der Waals surface area contributed by atoms with E-state index < -0.39 is 0 Å². The molecule has 0 saturated heterocycles. The highest BCUT2D eigenvalue weighted by Crippen LogP contribution is 2.15. The van der Waals surface area contributed by atoms with Crippen molar-refractivity contribution in [1.29, 1.82) is 0 Å². The van der Waals surface area contributed by atoms with Gasteiger partial charge in [0, 0.05) is 18.3 Å². The monoisotopic (exact) mass is 410 g/mol. The number of unbranched alkanes of at least 4 members (excludes halogenated alkanes) is 12. The van der Waals surface area contributed by atoms with Crippen LogP contribution < -0.4 is 0 Å². The van der Waals surface area contributed by atoms with Gasteiger partial charge in [-0.15, -0.1) is 0 Å². The molecule has 0 unspecified atom stereocenters. The number of aryl methyl sites for hydroxylation is 1. The standard InChI is InChI=1S/C28H46N2/c1-25(2)19-15-12-10-8-6-4-3-5-7-9-11-13-18-22-27-24-29-28(30-27)23-26-20-16-14-17-21-26/h14,16-17,20-21,24-25H,3-13,15,18-19,22-23H2,1-2H3,(H,29,30). The van der Waals surface area contributed by atoms with Crippen molar-refractivity contribution in [2.45, 2.75) is 117 Å². The Hall–Kier alpha value is -1.57. The molecule has 2 aromatic rings. The van der Waals surface area contributed by atoms with E-state index in [0.29, 0.717) is 0 Å². The summed E-state index contributed by atoms with van der Waals surface area (Å²) in [6, 6.07) is 10.6. The van der Waals surface area contributed by atoms with Gasteiger partial charge in [-0.25, -0.2) is 4.98 Å². The molecule has 2 rings (SSSR count). The molecular formula is C28H46N2. The van der Waals surface area contributed by atoms with Crippen LogP contribution in [-0.4, -0.2) is 9.97 Å². The summed E-state index contributed by atoms with van der Waals surface area (Å²) >= 11 is 0. The highest BCUT2D eigenvalue weighted by atomic mass is 14.9. The first-order valence-electron chi connectivity index (χ1n) is 12.8. The zero-order valence-corrected chi connectivity index (χ0v) is 19.8. The zero-order valence-electron chi connectivity index (χ0n) is 19.8. The Morgan fingerprint density at radius 1 is 0.700 bits per heavy atom. The van der Waals surface area contributed by atoms with E-state index in [1.807, 2.05) is 6.20 Å². The minimum absolute atomic E-state index is 0.883. The molecular weight excluding hydrogens is 364 g/mol. The molecule has 1 heterocycles. The summed E-state index contributed by atoms with van der Waals surface area (Å²) in [5.41, 5.74) is 2.62. The van der Waals surface area contributed by atoms with E-state index in [4.69, 9.17) is 0 Å². The third-order valence-electron chi connectivity index (χ3n) is 6.12. The van der Waals surface area contributed by atoms with Gasteiger partial charge in [-0.1, -0.05) is 128 Å². The number of imidazole rings is 1. The molecule has 30 heavy (non-hydrogen) atoms. The second-order valence-corrected chi connectivity index (χ2v) is 9.55. The summed E-state index contributed by atoms with van der Waals surface area (Å²) in [5.74, 6) is 1.97. The second-order valence-electron chi connectivity index (χ2n) is 9.55. The molecule has 0 aliphatic heterocycles. The number of hydrogen-bond donors (Lipinski definition) is 1. The average molecular weight is 411 g/mol.